The zero-order valence-electron chi connectivity index (χ0n) is 24.3. The predicted octanol–water partition coefficient (Wildman–Crippen LogP) is 6.77. The summed E-state index contributed by atoms with van der Waals surface area (Å²) >= 11 is 1.55. The van der Waals surface area contributed by atoms with Crippen molar-refractivity contribution in [3.8, 4) is 11.1 Å². The maximum atomic E-state index is 13.4. The molecule has 41 heavy (non-hydrogen) atoms. The molecule has 2 atom stereocenters. The molecule has 0 aliphatic heterocycles. The highest BCUT2D eigenvalue weighted by molar-refractivity contribution is 7.98. The molecule has 0 unspecified atom stereocenters. The number of aryl methyl sites for hydroxylation is 3. The molecule has 0 bridgehead atoms. The van der Waals surface area contributed by atoms with Gasteiger partial charge < -0.3 is 19.9 Å². The third kappa shape index (κ3) is 8.22. The summed E-state index contributed by atoms with van der Waals surface area (Å²) in [5.74, 6) is -0.782. The van der Waals surface area contributed by atoms with E-state index < -0.39 is 17.9 Å². The van der Waals surface area contributed by atoms with Gasteiger partial charge in [-0.05, 0) is 109 Å². The van der Waals surface area contributed by atoms with E-state index in [1.165, 1.54) is 24.0 Å². The minimum atomic E-state index is -1.03. The van der Waals surface area contributed by atoms with Crippen LogP contribution in [-0.2, 0) is 33.7 Å². The highest BCUT2D eigenvalue weighted by Gasteiger charge is 2.23. The molecule has 1 amide bonds. The van der Waals surface area contributed by atoms with Crippen molar-refractivity contribution in [1.29, 1.82) is 0 Å². The van der Waals surface area contributed by atoms with Gasteiger partial charge in [0.05, 0.1) is 13.2 Å². The SMILES string of the molecule is CCOC[C@H](OCc1ccc(C(=O)N[C@@H](CCSC)C(=O)O)c(-c2ccccc2C)c1)c1ccc2c(c1)CCCC2. The van der Waals surface area contributed by atoms with Gasteiger partial charge in [0.15, 0.2) is 0 Å². The Morgan fingerprint density at radius 2 is 1.78 bits per heavy atom. The summed E-state index contributed by atoms with van der Waals surface area (Å²) in [6.07, 6.45) is 6.78. The first-order chi connectivity index (χ1) is 19.9. The first-order valence-electron chi connectivity index (χ1n) is 14.4. The van der Waals surface area contributed by atoms with Gasteiger partial charge >= 0.3 is 5.97 Å². The van der Waals surface area contributed by atoms with Crippen LogP contribution in [0.25, 0.3) is 11.1 Å². The largest absolute Gasteiger partial charge is 0.480 e. The number of carbonyl (C=O) groups is 2. The van der Waals surface area contributed by atoms with Crippen molar-refractivity contribution in [2.75, 3.05) is 25.2 Å². The fourth-order valence-electron chi connectivity index (χ4n) is 5.32. The van der Waals surface area contributed by atoms with Gasteiger partial charge in [-0.3, -0.25) is 4.79 Å². The monoisotopic (exact) mass is 575 g/mol. The van der Waals surface area contributed by atoms with Crippen LogP contribution in [-0.4, -0.2) is 48.2 Å². The van der Waals surface area contributed by atoms with Crippen molar-refractivity contribution in [2.45, 2.75) is 64.7 Å². The topological polar surface area (TPSA) is 84.9 Å². The highest BCUT2D eigenvalue weighted by atomic mass is 32.2. The van der Waals surface area contributed by atoms with E-state index in [2.05, 4.69) is 23.5 Å². The lowest BCUT2D eigenvalue weighted by Gasteiger charge is -2.22. The summed E-state index contributed by atoms with van der Waals surface area (Å²) in [4.78, 5) is 25.2. The molecule has 0 saturated heterocycles. The first-order valence-corrected chi connectivity index (χ1v) is 15.8. The molecule has 6 nitrogen and oxygen atoms in total. The van der Waals surface area contributed by atoms with Crippen LogP contribution >= 0.6 is 11.8 Å². The van der Waals surface area contributed by atoms with Crippen molar-refractivity contribution >= 4 is 23.6 Å². The third-order valence-corrected chi connectivity index (χ3v) is 8.29. The summed E-state index contributed by atoms with van der Waals surface area (Å²) in [6, 6.07) is 19.3. The average molecular weight is 576 g/mol. The molecular weight excluding hydrogens is 534 g/mol. The maximum absolute atomic E-state index is 13.4. The molecule has 1 aliphatic carbocycles. The second-order valence-corrected chi connectivity index (χ2v) is 11.5. The number of nitrogens with one attached hydrogen (secondary N) is 1. The van der Waals surface area contributed by atoms with E-state index in [1.807, 2.05) is 56.5 Å². The molecule has 7 heteroatoms. The van der Waals surface area contributed by atoms with Crippen LogP contribution in [0.4, 0.5) is 0 Å². The number of benzene rings is 3. The molecule has 3 aromatic carbocycles. The maximum Gasteiger partial charge on any atom is 0.326 e. The molecule has 1 aliphatic rings. The summed E-state index contributed by atoms with van der Waals surface area (Å²) in [7, 11) is 0. The van der Waals surface area contributed by atoms with E-state index in [-0.39, 0.29) is 6.10 Å². The normalized spacial score (nSPS) is 14.2. The highest BCUT2D eigenvalue weighted by Crippen LogP contribution is 2.31. The third-order valence-electron chi connectivity index (χ3n) is 7.65. The molecule has 218 valence electrons. The van der Waals surface area contributed by atoms with Gasteiger partial charge in [0, 0.05) is 12.2 Å². The summed E-state index contributed by atoms with van der Waals surface area (Å²) < 4.78 is 12.3. The second kappa shape index (κ2) is 15.2. The Morgan fingerprint density at radius 1 is 1.00 bits per heavy atom. The molecule has 4 rings (SSSR count). The van der Waals surface area contributed by atoms with E-state index >= 15 is 0 Å². The van der Waals surface area contributed by atoms with Crippen molar-refractivity contribution in [3.05, 3.63) is 94.0 Å². The fourth-order valence-corrected chi connectivity index (χ4v) is 5.79. The van der Waals surface area contributed by atoms with E-state index in [0.717, 1.165) is 40.7 Å². The number of ether oxygens (including phenoxy) is 2. The van der Waals surface area contributed by atoms with Gasteiger partial charge in [-0.15, -0.1) is 0 Å². The van der Waals surface area contributed by atoms with E-state index in [4.69, 9.17) is 9.47 Å². The van der Waals surface area contributed by atoms with Gasteiger partial charge in [0.2, 0.25) is 0 Å². The summed E-state index contributed by atoms with van der Waals surface area (Å²) in [5.41, 5.74) is 8.05. The summed E-state index contributed by atoms with van der Waals surface area (Å²) in [6.45, 7) is 5.42. The van der Waals surface area contributed by atoms with E-state index in [0.29, 0.717) is 37.6 Å². The number of amides is 1. The molecule has 0 spiro atoms. The number of fused-ring (bicyclic) bond motifs is 1. The number of hydrogen-bond donors (Lipinski definition) is 2. The Kier molecular flexibility index (Phi) is 11.4. The van der Waals surface area contributed by atoms with Gasteiger partial charge in [0.1, 0.15) is 12.1 Å². The fraction of sp³-hybridized carbons (Fsp3) is 0.412. The Hall–Kier alpha value is -3.13. The lowest BCUT2D eigenvalue weighted by atomic mass is 9.89. The molecule has 0 saturated carbocycles. The van der Waals surface area contributed by atoms with Crippen molar-refractivity contribution in [3.63, 3.8) is 0 Å². The molecule has 3 aromatic rings. The number of carboxylic acids is 1. The number of carbonyl (C=O) groups excluding carboxylic acids is 1. The van der Waals surface area contributed by atoms with Gasteiger partial charge in [-0.2, -0.15) is 11.8 Å². The van der Waals surface area contributed by atoms with Crippen LogP contribution in [0, 0.1) is 6.92 Å². The smallest absolute Gasteiger partial charge is 0.326 e. The Balaban J connectivity index is 1.60. The Morgan fingerprint density at radius 3 is 2.51 bits per heavy atom. The number of hydrogen-bond acceptors (Lipinski definition) is 5. The zero-order valence-corrected chi connectivity index (χ0v) is 25.1. The number of carboxylic acid groups (broad SMARTS) is 1. The lowest BCUT2D eigenvalue weighted by molar-refractivity contribution is -0.139. The van der Waals surface area contributed by atoms with E-state index in [9.17, 15) is 14.7 Å². The predicted molar refractivity (Wildman–Crippen MR) is 166 cm³/mol. The second-order valence-electron chi connectivity index (χ2n) is 10.5. The minimum Gasteiger partial charge on any atom is -0.480 e. The first kappa shape index (κ1) is 30.8. The van der Waals surface area contributed by atoms with Gasteiger partial charge in [-0.1, -0.05) is 48.5 Å². The van der Waals surface area contributed by atoms with Crippen LogP contribution in [0.15, 0.2) is 60.7 Å². The quantitative estimate of drug-likeness (QED) is 0.221. The molecule has 0 heterocycles. The van der Waals surface area contributed by atoms with Crippen molar-refractivity contribution in [2.24, 2.45) is 0 Å². The molecule has 0 aromatic heterocycles. The van der Waals surface area contributed by atoms with Gasteiger partial charge in [0.25, 0.3) is 5.91 Å². The molecular formula is C34H41NO5S. The van der Waals surface area contributed by atoms with Crippen molar-refractivity contribution < 1.29 is 24.2 Å². The minimum absolute atomic E-state index is 0.208. The molecule has 0 radical (unpaired) electrons. The number of thioether (sulfide) groups is 1. The van der Waals surface area contributed by atoms with Crippen LogP contribution in [0.5, 0.6) is 0 Å². The lowest BCUT2D eigenvalue weighted by Crippen LogP contribution is -2.41. The average Bonchev–Trinajstić information content (AvgIpc) is 2.99. The standard InChI is InChI=1S/C34H41NO5S/c1-4-39-22-32(27-15-14-25-10-6-7-11-26(25)20-27)40-21-24-13-16-29(30(19-24)28-12-8-5-9-23(28)2)33(36)35-31(34(37)38)17-18-41-3/h5,8-9,12-16,19-20,31-32H,4,6-7,10-11,17-18,21-22H2,1-3H3,(H,35,36)(H,37,38)/t31-,32-/m0/s1. The molecule has 2 N–H and O–H groups in total. The number of aliphatic carboxylic acids is 1. The Bertz CT molecular complexity index is 1340. The van der Waals surface area contributed by atoms with E-state index in [1.54, 1.807) is 17.8 Å². The van der Waals surface area contributed by atoms with Crippen LogP contribution in [0.3, 0.4) is 0 Å². The van der Waals surface area contributed by atoms with Crippen molar-refractivity contribution in [1.82, 2.24) is 5.32 Å². The van der Waals surface area contributed by atoms with Crippen LogP contribution < -0.4 is 5.32 Å². The zero-order chi connectivity index (χ0) is 29.2. The van der Waals surface area contributed by atoms with Gasteiger partial charge in [-0.25, -0.2) is 4.79 Å². The molecule has 0 fully saturated rings. The van der Waals surface area contributed by atoms with Crippen LogP contribution in [0.2, 0.25) is 0 Å². The Labute approximate surface area is 247 Å². The number of rotatable bonds is 14. The van der Waals surface area contributed by atoms with Crippen LogP contribution in [0.1, 0.15) is 70.5 Å². The summed E-state index contributed by atoms with van der Waals surface area (Å²) in [5, 5.41) is 12.4.